The highest BCUT2D eigenvalue weighted by Crippen LogP contribution is 2.39. The molecule has 1 amide bonds. The number of carbonyl (C=O) groups is 1. The van der Waals surface area contributed by atoms with Crippen molar-refractivity contribution in [1.29, 1.82) is 0 Å². The first-order valence-electron chi connectivity index (χ1n) is 14.9. The van der Waals surface area contributed by atoms with E-state index in [-0.39, 0.29) is 11.1 Å². The zero-order chi connectivity index (χ0) is 30.6. The van der Waals surface area contributed by atoms with Crippen molar-refractivity contribution in [1.82, 2.24) is 24.5 Å². The van der Waals surface area contributed by atoms with Gasteiger partial charge in [-0.2, -0.15) is 12.8 Å². The summed E-state index contributed by atoms with van der Waals surface area (Å²) < 4.78 is 49.0. The van der Waals surface area contributed by atoms with Crippen LogP contribution in [0.4, 0.5) is 10.2 Å². The number of aromatic nitrogens is 4. The van der Waals surface area contributed by atoms with Gasteiger partial charge < -0.3 is 15.4 Å². The van der Waals surface area contributed by atoms with Crippen LogP contribution in [0.25, 0.3) is 5.82 Å². The van der Waals surface area contributed by atoms with Gasteiger partial charge in [0.2, 0.25) is 11.8 Å². The minimum absolute atomic E-state index is 0.0662. The number of anilines is 1. The highest BCUT2D eigenvalue weighted by Gasteiger charge is 2.40. The molecule has 0 bridgehead atoms. The monoisotopic (exact) mass is 613 g/mol. The molecular weight excluding hydrogens is 573 g/mol. The number of carbonyl (C=O) groups excluding carboxylic acids is 1. The van der Waals surface area contributed by atoms with Crippen LogP contribution in [0.5, 0.6) is 5.88 Å². The Morgan fingerprint density at radius 3 is 2.65 bits per heavy atom. The average Bonchev–Trinajstić information content (AvgIpc) is 3.72. The molecule has 1 atom stereocenters. The Hall–Kier alpha value is -3.58. The lowest BCUT2D eigenvalue weighted by Gasteiger charge is -2.34. The summed E-state index contributed by atoms with van der Waals surface area (Å²) in [7, 11) is -4.44. The van der Waals surface area contributed by atoms with Gasteiger partial charge in [-0.15, -0.1) is 5.10 Å². The van der Waals surface area contributed by atoms with E-state index in [1.54, 1.807) is 23.0 Å². The Bertz CT molecular complexity index is 1540. The molecule has 43 heavy (non-hydrogen) atoms. The molecule has 0 aromatic carbocycles. The third-order valence-electron chi connectivity index (χ3n) is 8.38. The quantitative estimate of drug-likeness (QED) is 0.287. The van der Waals surface area contributed by atoms with Crippen LogP contribution < -0.4 is 20.1 Å². The number of pyridine rings is 2. The average molecular weight is 614 g/mol. The molecule has 5 rings (SSSR count). The maximum atomic E-state index is 13.7. The summed E-state index contributed by atoms with van der Waals surface area (Å²) in [5, 5.41) is 3.95. The molecule has 2 aliphatic rings. The highest BCUT2D eigenvalue weighted by molar-refractivity contribution is 7.90. The van der Waals surface area contributed by atoms with Crippen molar-refractivity contribution in [2.24, 2.45) is 17.6 Å². The van der Waals surface area contributed by atoms with Crippen LogP contribution in [0.15, 0.2) is 47.6 Å². The summed E-state index contributed by atoms with van der Waals surface area (Å²) in [5.74, 6) is 0.445. The van der Waals surface area contributed by atoms with Crippen LogP contribution in [0.1, 0.15) is 75.6 Å². The standard InChI is InChI=1S/C30H40FN7O4S/c1-30(2)19-22(9-6-16-32)20-37(30)28-23(29(39)36-43(40,41)27-11-5-10-24(31)33-27)12-13-25(34-28)38-17-14-26(35-38)42-18-15-21-7-3-4-8-21/h5,10-14,17,21-22H,3-4,6-9,15-16,18-20,32H2,1-2H3,(H,36,39)/t22-/m1/s1. The number of ether oxygens (including phenoxy) is 1. The predicted molar refractivity (Wildman–Crippen MR) is 160 cm³/mol. The minimum Gasteiger partial charge on any atom is -0.477 e. The number of halogens is 1. The maximum Gasteiger partial charge on any atom is 0.281 e. The molecule has 1 saturated heterocycles. The smallest absolute Gasteiger partial charge is 0.281 e. The molecule has 3 N–H and O–H groups in total. The third kappa shape index (κ3) is 7.32. The minimum atomic E-state index is -4.44. The first-order chi connectivity index (χ1) is 20.6. The molecule has 2 fully saturated rings. The number of rotatable bonds is 12. The number of nitrogens with zero attached hydrogens (tertiary/aromatic N) is 5. The van der Waals surface area contributed by atoms with Crippen LogP contribution in [0.2, 0.25) is 0 Å². The van der Waals surface area contributed by atoms with Gasteiger partial charge in [0, 0.05) is 24.3 Å². The van der Waals surface area contributed by atoms with Gasteiger partial charge in [-0.1, -0.05) is 31.7 Å². The fourth-order valence-electron chi connectivity index (χ4n) is 6.22. The lowest BCUT2D eigenvalue weighted by Crippen LogP contribution is -2.41. The molecular formula is C30H40FN7O4S. The zero-order valence-corrected chi connectivity index (χ0v) is 25.5. The number of nitrogens with two attached hydrogens (primary N) is 1. The van der Waals surface area contributed by atoms with E-state index in [0.29, 0.717) is 49.0 Å². The summed E-state index contributed by atoms with van der Waals surface area (Å²) in [5.41, 5.74) is 5.46. The molecule has 3 aromatic heterocycles. The Morgan fingerprint density at radius 1 is 1.12 bits per heavy atom. The number of hydrogen-bond acceptors (Lipinski definition) is 9. The number of sulfonamides is 1. The van der Waals surface area contributed by atoms with Crippen molar-refractivity contribution in [2.75, 3.05) is 24.6 Å². The Kier molecular flexibility index (Phi) is 9.30. The number of hydrogen-bond donors (Lipinski definition) is 2. The number of nitrogens with one attached hydrogen (secondary N) is 1. The summed E-state index contributed by atoms with van der Waals surface area (Å²) in [6.07, 6.45) is 10.5. The van der Waals surface area contributed by atoms with Crippen molar-refractivity contribution in [3.63, 3.8) is 0 Å². The summed E-state index contributed by atoms with van der Waals surface area (Å²) in [4.78, 5) is 23.8. The second-order valence-electron chi connectivity index (χ2n) is 12.1. The van der Waals surface area contributed by atoms with Crippen molar-refractivity contribution < 1.29 is 22.3 Å². The fraction of sp³-hybridized carbons (Fsp3) is 0.533. The van der Waals surface area contributed by atoms with Gasteiger partial charge in [-0.05, 0) is 82.2 Å². The van der Waals surface area contributed by atoms with E-state index in [4.69, 9.17) is 15.5 Å². The zero-order valence-electron chi connectivity index (χ0n) is 24.7. The van der Waals surface area contributed by atoms with Gasteiger partial charge in [0.25, 0.3) is 15.9 Å². The largest absolute Gasteiger partial charge is 0.477 e. The van der Waals surface area contributed by atoms with Gasteiger partial charge in [0.05, 0.1) is 12.2 Å². The van der Waals surface area contributed by atoms with Gasteiger partial charge in [0.1, 0.15) is 5.82 Å². The fourth-order valence-corrected chi connectivity index (χ4v) is 7.14. The predicted octanol–water partition coefficient (Wildman–Crippen LogP) is 4.22. The molecule has 13 heteroatoms. The summed E-state index contributed by atoms with van der Waals surface area (Å²) in [6.45, 7) is 5.96. The Balaban J connectivity index is 1.43. The first kappa shape index (κ1) is 30.9. The van der Waals surface area contributed by atoms with Crippen molar-refractivity contribution in [3.05, 3.63) is 54.1 Å². The number of amides is 1. The topological polar surface area (TPSA) is 145 Å². The molecule has 232 valence electrons. The molecule has 1 aliphatic heterocycles. The Morgan fingerprint density at radius 2 is 1.91 bits per heavy atom. The van der Waals surface area contributed by atoms with Gasteiger partial charge in [0.15, 0.2) is 10.8 Å². The molecule has 1 aliphatic carbocycles. The van der Waals surface area contributed by atoms with Crippen LogP contribution >= 0.6 is 0 Å². The van der Waals surface area contributed by atoms with Crippen LogP contribution in [0.3, 0.4) is 0 Å². The SMILES string of the molecule is CC1(C)C[C@@H](CCCN)CN1c1nc(-n2ccc(OCCC3CCCC3)n2)ccc1C(=O)NS(=O)(=O)c1cccc(F)n1. The molecule has 0 radical (unpaired) electrons. The normalized spacial score (nSPS) is 18.7. The van der Waals surface area contributed by atoms with Gasteiger partial charge in [-0.25, -0.2) is 19.4 Å². The molecule has 0 unspecified atom stereocenters. The van der Waals surface area contributed by atoms with Crippen LogP contribution in [-0.4, -0.2) is 59.3 Å². The lowest BCUT2D eigenvalue weighted by atomic mass is 9.93. The summed E-state index contributed by atoms with van der Waals surface area (Å²) >= 11 is 0. The second-order valence-corrected chi connectivity index (χ2v) is 13.7. The van der Waals surface area contributed by atoms with Crippen LogP contribution in [0, 0.1) is 17.8 Å². The van der Waals surface area contributed by atoms with E-state index in [1.165, 1.54) is 37.8 Å². The molecule has 0 spiro atoms. The van der Waals surface area contributed by atoms with E-state index in [1.807, 2.05) is 9.62 Å². The van der Waals surface area contributed by atoms with Crippen LogP contribution in [-0.2, 0) is 10.0 Å². The van der Waals surface area contributed by atoms with E-state index >= 15 is 0 Å². The van der Waals surface area contributed by atoms with E-state index in [2.05, 4.69) is 23.9 Å². The second kappa shape index (κ2) is 13.0. The summed E-state index contributed by atoms with van der Waals surface area (Å²) in [6, 6.07) is 8.28. The Labute approximate surface area is 252 Å². The highest BCUT2D eigenvalue weighted by atomic mass is 32.2. The van der Waals surface area contributed by atoms with Crippen molar-refractivity contribution >= 4 is 21.7 Å². The molecule has 4 heterocycles. The maximum absolute atomic E-state index is 13.7. The van der Waals surface area contributed by atoms with Gasteiger partial charge in [-0.3, -0.25) is 4.79 Å². The van der Waals surface area contributed by atoms with Crippen molar-refractivity contribution in [2.45, 2.75) is 75.8 Å². The van der Waals surface area contributed by atoms with E-state index in [0.717, 1.165) is 37.8 Å². The van der Waals surface area contributed by atoms with E-state index in [9.17, 15) is 17.6 Å². The molecule has 3 aromatic rings. The first-order valence-corrected chi connectivity index (χ1v) is 16.4. The van der Waals surface area contributed by atoms with Crippen molar-refractivity contribution in [3.8, 4) is 11.7 Å². The molecule has 11 nitrogen and oxygen atoms in total. The third-order valence-corrected chi connectivity index (χ3v) is 9.61. The van der Waals surface area contributed by atoms with Gasteiger partial charge >= 0.3 is 0 Å². The lowest BCUT2D eigenvalue weighted by molar-refractivity contribution is 0.0981. The molecule has 1 saturated carbocycles. The van der Waals surface area contributed by atoms with E-state index < -0.39 is 26.9 Å².